The van der Waals surface area contributed by atoms with Crippen molar-refractivity contribution in [2.75, 3.05) is 12.4 Å². The number of hydrogen-bond donors (Lipinski definition) is 1. The number of nitrogens with one attached hydrogen (secondary N) is 1. The highest BCUT2D eigenvalue weighted by Gasteiger charge is 2.37. The number of nitrogens with zero attached hydrogens (tertiary/aromatic N) is 1. The van der Waals surface area contributed by atoms with Gasteiger partial charge in [-0.3, -0.25) is 4.99 Å². The van der Waals surface area contributed by atoms with Gasteiger partial charge < -0.3 is 14.8 Å². The molecule has 42 heavy (non-hydrogen) atoms. The minimum absolute atomic E-state index is 0.283. The molecule has 1 aliphatic carbocycles. The van der Waals surface area contributed by atoms with Crippen molar-refractivity contribution in [1.29, 1.82) is 0 Å². The molecular weight excluding hydrogens is 631 g/mol. The Bertz CT molecular complexity index is 1810. The van der Waals surface area contributed by atoms with E-state index in [-0.39, 0.29) is 6.04 Å². The van der Waals surface area contributed by atoms with Crippen molar-refractivity contribution in [3.05, 3.63) is 141 Å². The normalized spacial score (nSPS) is 19.0. The van der Waals surface area contributed by atoms with Crippen molar-refractivity contribution in [2.45, 2.75) is 25.0 Å². The second-order valence-electron chi connectivity index (χ2n) is 10.9. The van der Waals surface area contributed by atoms with Crippen LogP contribution in [0.1, 0.15) is 40.6 Å². The lowest BCUT2D eigenvalue weighted by Crippen LogP contribution is -2.28. The summed E-state index contributed by atoms with van der Waals surface area (Å²) in [6.45, 7) is 0.465. The molecule has 0 bridgehead atoms. The smallest absolute Gasteiger partial charge is 0.174 e. The largest absolute Gasteiger partial charge is 0.493 e. The summed E-state index contributed by atoms with van der Waals surface area (Å²) in [6.07, 6.45) is 7.70. The van der Waals surface area contributed by atoms with Crippen molar-refractivity contribution in [2.24, 2.45) is 10.9 Å². The van der Waals surface area contributed by atoms with E-state index in [9.17, 15) is 0 Å². The van der Waals surface area contributed by atoms with Crippen LogP contribution in [-0.4, -0.2) is 13.3 Å². The number of fused-ring (bicyclic) bond motifs is 4. The van der Waals surface area contributed by atoms with Crippen LogP contribution in [-0.2, 0) is 6.61 Å². The SMILES string of the molecule is COc1cc(C=Nc2ccc([C@@H]3Nc4ccccc4[C@@H]4C=CC[C@H]43)cc2)cc(I)c1OCc1cccc2ccccc12. The van der Waals surface area contributed by atoms with Crippen LogP contribution >= 0.6 is 22.6 Å². The summed E-state index contributed by atoms with van der Waals surface area (Å²) in [7, 11) is 1.68. The first-order valence-electron chi connectivity index (χ1n) is 14.3. The second-order valence-corrected chi connectivity index (χ2v) is 12.0. The molecule has 7 rings (SSSR count). The molecule has 0 spiro atoms. The minimum atomic E-state index is 0.283. The lowest BCUT2D eigenvalue weighted by Gasteiger charge is -2.37. The Morgan fingerprint density at radius 2 is 1.74 bits per heavy atom. The van der Waals surface area contributed by atoms with E-state index in [4.69, 9.17) is 14.5 Å². The molecule has 0 saturated heterocycles. The quantitative estimate of drug-likeness (QED) is 0.107. The summed E-state index contributed by atoms with van der Waals surface area (Å²) in [5.74, 6) is 2.45. The van der Waals surface area contributed by atoms with Crippen molar-refractivity contribution >= 4 is 51.0 Å². The molecule has 1 heterocycles. The highest BCUT2D eigenvalue weighted by molar-refractivity contribution is 14.1. The molecule has 0 radical (unpaired) electrons. The predicted molar refractivity (Wildman–Crippen MR) is 180 cm³/mol. The Kier molecular flexibility index (Phi) is 7.43. The maximum atomic E-state index is 6.31. The van der Waals surface area contributed by atoms with Crippen LogP contribution < -0.4 is 14.8 Å². The van der Waals surface area contributed by atoms with Crippen LogP contribution in [0.5, 0.6) is 11.5 Å². The van der Waals surface area contributed by atoms with Gasteiger partial charge in [-0.2, -0.15) is 0 Å². The lowest BCUT2D eigenvalue weighted by atomic mass is 9.77. The van der Waals surface area contributed by atoms with Gasteiger partial charge in [0.1, 0.15) is 6.61 Å². The average Bonchev–Trinajstić information content (AvgIpc) is 3.53. The molecular formula is C37H31IN2O2. The lowest BCUT2D eigenvalue weighted by molar-refractivity contribution is 0.283. The molecule has 5 heteroatoms. The predicted octanol–water partition coefficient (Wildman–Crippen LogP) is 9.61. The zero-order valence-corrected chi connectivity index (χ0v) is 25.5. The van der Waals surface area contributed by atoms with Gasteiger partial charge in [-0.05, 0) is 98.3 Å². The van der Waals surface area contributed by atoms with Gasteiger partial charge in [0.05, 0.1) is 22.4 Å². The molecule has 208 valence electrons. The van der Waals surface area contributed by atoms with E-state index in [1.54, 1.807) is 7.11 Å². The van der Waals surface area contributed by atoms with E-state index in [2.05, 4.69) is 137 Å². The highest BCUT2D eigenvalue weighted by atomic mass is 127. The highest BCUT2D eigenvalue weighted by Crippen LogP contribution is 2.49. The van der Waals surface area contributed by atoms with Gasteiger partial charge in [-0.1, -0.05) is 84.9 Å². The fraction of sp³-hybridized carbons (Fsp3) is 0.162. The van der Waals surface area contributed by atoms with Gasteiger partial charge in [0.25, 0.3) is 0 Å². The first kappa shape index (κ1) is 26.8. The number of benzene rings is 5. The van der Waals surface area contributed by atoms with E-state index >= 15 is 0 Å². The van der Waals surface area contributed by atoms with E-state index in [0.29, 0.717) is 24.2 Å². The third kappa shape index (κ3) is 5.18. The average molecular weight is 663 g/mol. The van der Waals surface area contributed by atoms with Gasteiger partial charge in [-0.15, -0.1) is 0 Å². The van der Waals surface area contributed by atoms with Crippen LogP contribution in [0, 0.1) is 9.49 Å². The summed E-state index contributed by atoms with van der Waals surface area (Å²) < 4.78 is 13.0. The molecule has 4 nitrogen and oxygen atoms in total. The van der Waals surface area contributed by atoms with Crippen molar-refractivity contribution in [3.63, 3.8) is 0 Å². The molecule has 2 aliphatic rings. The maximum absolute atomic E-state index is 6.31. The van der Waals surface area contributed by atoms with E-state index in [0.717, 1.165) is 32.6 Å². The summed E-state index contributed by atoms with van der Waals surface area (Å²) in [5.41, 5.74) is 6.97. The summed E-state index contributed by atoms with van der Waals surface area (Å²) in [6, 6.07) is 36.4. The number of methoxy groups -OCH3 is 1. The van der Waals surface area contributed by atoms with Gasteiger partial charge in [0, 0.05) is 17.8 Å². The number of aliphatic imine (C=N–C) groups is 1. The third-order valence-corrected chi connectivity index (χ3v) is 9.19. The number of hydrogen-bond acceptors (Lipinski definition) is 4. The summed E-state index contributed by atoms with van der Waals surface area (Å²) in [5, 5.41) is 6.22. The maximum Gasteiger partial charge on any atom is 0.174 e. The number of ether oxygens (including phenoxy) is 2. The molecule has 0 aromatic heterocycles. The molecule has 0 unspecified atom stereocenters. The number of anilines is 1. The van der Waals surface area contributed by atoms with E-state index < -0.39 is 0 Å². The van der Waals surface area contributed by atoms with Gasteiger partial charge >= 0.3 is 0 Å². The third-order valence-electron chi connectivity index (χ3n) is 8.39. The molecule has 0 fully saturated rings. The number of halogens is 1. The minimum Gasteiger partial charge on any atom is -0.493 e. The van der Waals surface area contributed by atoms with E-state index in [1.165, 1.54) is 27.6 Å². The number of allylic oxidation sites excluding steroid dienone is 2. The fourth-order valence-corrected chi connectivity index (χ4v) is 7.09. The van der Waals surface area contributed by atoms with Gasteiger partial charge in [0.2, 0.25) is 0 Å². The van der Waals surface area contributed by atoms with Crippen molar-refractivity contribution < 1.29 is 9.47 Å². The second kappa shape index (κ2) is 11.6. The van der Waals surface area contributed by atoms with Crippen LogP contribution in [0.2, 0.25) is 0 Å². The zero-order chi connectivity index (χ0) is 28.5. The standard InChI is InChI=1S/C37H31IN2O2/c1-41-35-21-24(20-33(38)37(35)42-23-27-10-6-9-25-8-2-3-11-29(25)27)22-39-28-18-16-26(17-19-28)36-32-14-7-13-30(32)31-12-4-5-15-34(31)40-36/h2-13,15-22,30,32,36,40H,14,23H2,1H3/t30-,32+,36-/m0/s1. The van der Waals surface area contributed by atoms with Gasteiger partial charge in [0.15, 0.2) is 11.5 Å². The zero-order valence-electron chi connectivity index (χ0n) is 23.3. The Labute approximate surface area is 260 Å². The van der Waals surface area contributed by atoms with Gasteiger partial charge in [-0.25, -0.2) is 0 Å². The first-order valence-corrected chi connectivity index (χ1v) is 15.4. The summed E-state index contributed by atoms with van der Waals surface area (Å²) >= 11 is 2.31. The monoisotopic (exact) mass is 662 g/mol. The first-order chi connectivity index (χ1) is 20.7. The molecule has 1 N–H and O–H groups in total. The molecule has 5 aromatic carbocycles. The molecule has 5 aromatic rings. The van der Waals surface area contributed by atoms with Crippen LogP contribution in [0.15, 0.2) is 120 Å². The topological polar surface area (TPSA) is 42.8 Å². The fourth-order valence-electron chi connectivity index (χ4n) is 6.31. The van der Waals surface area contributed by atoms with Crippen LogP contribution in [0.3, 0.4) is 0 Å². The van der Waals surface area contributed by atoms with Crippen LogP contribution in [0.4, 0.5) is 11.4 Å². The Morgan fingerprint density at radius 1 is 0.929 bits per heavy atom. The van der Waals surface area contributed by atoms with Crippen molar-refractivity contribution in [3.8, 4) is 11.5 Å². The van der Waals surface area contributed by atoms with E-state index in [1.807, 2.05) is 12.3 Å². The number of para-hydroxylation sites is 1. The Hall–Kier alpha value is -4.10. The number of rotatable bonds is 7. The molecule has 3 atom stereocenters. The summed E-state index contributed by atoms with van der Waals surface area (Å²) in [4.78, 5) is 4.78. The van der Waals surface area contributed by atoms with Crippen molar-refractivity contribution in [1.82, 2.24) is 0 Å². The Balaban J connectivity index is 1.07. The molecule has 0 saturated carbocycles. The van der Waals surface area contributed by atoms with Crippen LogP contribution in [0.25, 0.3) is 10.8 Å². The molecule has 0 amide bonds. The molecule has 1 aliphatic heterocycles. The Morgan fingerprint density at radius 3 is 2.62 bits per heavy atom.